The standard InChI is InChI=1S/C9H14N2S/c1-4-8(2)11(3)6-9-5-10-7-12-9/h1,7-9H,5-6H2,2-3H3/t8-,9?/m1/s1. The zero-order valence-electron chi connectivity index (χ0n) is 7.53. The molecular weight excluding hydrogens is 168 g/mol. The monoisotopic (exact) mass is 182 g/mol. The van der Waals surface area contributed by atoms with E-state index in [4.69, 9.17) is 6.42 Å². The first-order valence-corrected chi connectivity index (χ1v) is 4.98. The number of terminal acetylenes is 1. The summed E-state index contributed by atoms with van der Waals surface area (Å²) >= 11 is 1.80. The minimum absolute atomic E-state index is 0.228. The Morgan fingerprint density at radius 1 is 1.92 bits per heavy atom. The first kappa shape index (κ1) is 9.63. The van der Waals surface area contributed by atoms with Crippen LogP contribution in [0.4, 0.5) is 0 Å². The van der Waals surface area contributed by atoms with Crippen LogP contribution in [0.2, 0.25) is 0 Å². The second-order valence-electron chi connectivity index (χ2n) is 3.01. The van der Waals surface area contributed by atoms with Crippen molar-refractivity contribution in [3.8, 4) is 12.3 Å². The zero-order chi connectivity index (χ0) is 8.97. The van der Waals surface area contributed by atoms with Gasteiger partial charge in [-0.25, -0.2) is 0 Å². The average molecular weight is 182 g/mol. The highest BCUT2D eigenvalue weighted by Crippen LogP contribution is 2.16. The minimum atomic E-state index is 0.228. The van der Waals surface area contributed by atoms with Crippen LogP contribution in [-0.4, -0.2) is 41.9 Å². The van der Waals surface area contributed by atoms with Gasteiger partial charge in [0.15, 0.2) is 0 Å². The fourth-order valence-electron chi connectivity index (χ4n) is 1.04. The molecule has 0 aromatic rings. The van der Waals surface area contributed by atoms with Crippen molar-refractivity contribution in [1.82, 2.24) is 4.90 Å². The number of nitrogens with zero attached hydrogens (tertiary/aromatic N) is 2. The van der Waals surface area contributed by atoms with Gasteiger partial charge >= 0.3 is 0 Å². The van der Waals surface area contributed by atoms with Crippen molar-refractivity contribution >= 4 is 17.3 Å². The fourth-order valence-corrected chi connectivity index (χ4v) is 1.88. The lowest BCUT2D eigenvalue weighted by atomic mass is 10.3. The van der Waals surface area contributed by atoms with Crippen LogP contribution in [0.1, 0.15) is 6.92 Å². The van der Waals surface area contributed by atoms with Gasteiger partial charge in [0.2, 0.25) is 0 Å². The average Bonchev–Trinajstić information content (AvgIpc) is 2.55. The maximum absolute atomic E-state index is 5.32. The van der Waals surface area contributed by atoms with Crippen molar-refractivity contribution < 1.29 is 0 Å². The Morgan fingerprint density at radius 2 is 2.67 bits per heavy atom. The summed E-state index contributed by atoms with van der Waals surface area (Å²) in [5, 5.41) is 0.603. The Kier molecular flexibility index (Phi) is 3.64. The molecule has 1 rings (SSSR count). The lowest BCUT2D eigenvalue weighted by molar-refractivity contribution is 0.307. The van der Waals surface area contributed by atoms with Gasteiger partial charge in [-0.1, -0.05) is 5.92 Å². The molecule has 12 heavy (non-hydrogen) atoms. The van der Waals surface area contributed by atoms with E-state index in [0.717, 1.165) is 13.1 Å². The highest BCUT2D eigenvalue weighted by atomic mass is 32.2. The molecule has 0 aromatic heterocycles. The van der Waals surface area contributed by atoms with Crippen LogP contribution in [-0.2, 0) is 0 Å². The van der Waals surface area contributed by atoms with Gasteiger partial charge in [0.25, 0.3) is 0 Å². The molecule has 1 aliphatic heterocycles. The SMILES string of the molecule is C#C[C@@H](C)N(C)CC1CN=CS1. The molecule has 0 fully saturated rings. The molecule has 1 aliphatic rings. The van der Waals surface area contributed by atoms with Crippen molar-refractivity contribution in [2.24, 2.45) is 4.99 Å². The number of hydrogen-bond acceptors (Lipinski definition) is 3. The predicted octanol–water partition coefficient (Wildman–Crippen LogP) is 1.08. The number of hydrogen-bond donors (Lipinski definition) is 0. The largest absolute Gasteiger partial charge is 0.292 e. The van der Waals surface area contributed by atoms with Gasteiger partial charge in [-0.05, 0) is 14.0 Å². The molecule has 0 aliphatic carbocycles. The van der Waals surface area contributed by atoms with E-state index in [-0.39, 0.29) is 6.04 Å². The van der Waals surface area contributed by atoms with Gasteiger partial charge < -0.3 is 0 Å². The third-order valence-electron chi connectivity index (χ3n) is 2.03. The van der Waals surface area contributed by atoms with Gasteiger partial charge in [0.05, 0.1) is 18.1 Å². The third-order valence-corrected chi connectivity index (χ3v) is 2.98. The van der Waals surface area contributed by atoms with Crippen LogP contribution >= 0.6 is 11.8 Å². The highest BCUT2D eigenvalue weighted by molar-refractivity contribution is 8.12. The summed E-state index contributed by atoms with van der Waals surface area (Å²) in [5.41, 5.74) is 1.93. The summed E-state index contributed by atoms with van der Waals surface area (Å²) in [5.74, 6) is 2.71. The smallest absolute Gasteiger partial charge is 0.0681 e. The van der Waals surface area contributed by atoms with Crippen LogP contribution in [0.5, 0.6) is 0 Å². The van der Waals surface area contributed by atoms with E-state index in [1.54, 1.807) is 11.8 Å². The van der Waals surface area contributed by atoms with Gasteiger partial charge in [-0.15, -0.1) is 18.2 Å². The van der Waals surface area contributed by atoms with E-state index in [1.165, 1.54) is 0 Å². The molecule has 0 saturated heterocycles. The van der Waals surface area contributed by atoms with E-state index >= 15 is 0 Å². The van der Waals surface area contributed by atoms with E-state index < -0.39 is 0 Å². The number of aliphatic imine (C=N–C) groups is 1. The molecule has 0 amide bonds. The maximum atomic E-state index is 5.32. The van der Waals surface area contributed by atoms with Crippen LogP contribution in [0.25, 0.3) is 0 Å². The molecule has 0 radical (unpaired) electrons. The molecule has 66 valence electrons. The lowest BCUT2D eigenvalue weighted by Crippen LogP contribution is -2.34. The lowest BCUT2D eigenvalue weighted by Gasteiger charge is -2.22. The Morgan fingerprint density at radius 3 is 3.17 bits per heavy atom. The number of rotatable bonds is 3. The minimum Gasteiger partial charge on any atom is -0.292 e. The van der Waals surface area contributed by atoms with Crippen molar-refractivity contribution in [3.63, 3.8) is 0 Å². The fraction of sp³-hybridized carbons (Fsp3) is 0.667. The van der Waals surface area contributed by atoms with Crippen molar-refractivity contribution in [2.45, 2.75) is 18.2 Å². The molecule has 0 saturated carbocycles. The van der Waals surface area contributed by atoms with Gasteiger partial charge in [0.1, 0.15) is 0 Å². The topological polar surface area (TPSA) is 15.6 Å². The maximum Gasteiger partial charge on any atom is 0.0681 e. The molecule has 0 bridgehead atoms. The van der Waals surface area contributed by atoms with E-state index in [2.05, 4.69) is 22.9 Å². The highest BCUT2D eigenvalue weighted by Gasteiger charge is 2.16. The van der Waals surface area contributed by atoms with E-state index in [0.29, 0.717) is 5.25 Å². The summed E-state index contributed by atoms with van der Waals surface area (Å²) in [7, 11) is 2.06. The molecule has 3 heteroatoms. The number of thioether (sulfide) groups is 1. The van der Waals surface area contributed by atoms with Crippen molar-refractivity contribution in [3.05, 3.63) is 0 Å². The van der Waals surface area contributed by atoms with Crippen LogP contribution < -0.4 is 0 Å². The first-order valence-electron chi connectivity index (χ1n) is 4.04. The predicted molar refractivity (Wildman–Crippen MR) is 55.7 cm³/mol. The van der Waals surface area contributed by atoms with E-state index in [1.807, 2.05) is 12.5 Å². The molecule has 0 aromatic carbocycles. The Bertz CT molecular complexity index is 199. The van der Waals surface area contributed by atoms with E-state index in [9.17, 15) is 0 Å². The normalized spacial score (nSPS) is 24.3. The molecule has 0 N–H and O–H groups in total. The summed E-state index contributed by atoms with van der Waals surface area (Å²) in [4.78, 5) is 6.35. The van der Waals surface area contributed by atoms with Gasteiger partial charge in [0, 0.05) is 11.8 Å². The Balaban J connectivity index is 2.27. The molecule has 2 atom stereocenters. The molecule has 2 nitrogen and oxygen atoms in total. The van der Waals surface area contributed by atoms with Crippen LogP contribution in [0.15, 0.2) is 4.99 Å². The molecule has 0 spiro atoms. The second kappa shape index (κ2) is 4.54. The summed E-state index contributed by atoms with van der Waals surface area (Å²) in [6.45, 7) is 4.00. The van der Waals surface area contributed by atoms with Gasteiger partial charge in [-0.2, -0.15) is 0 Å². The Hall–Kier alpha value is -0.460. The Labute approximate surface area is 78.4 Å². The quantitative estimate of drug-likeness (QED) is 0.607. The first-order chi connectivity index (χ1) is 5.74. The van der Waals surface area contributed by atoms with Crippen molar-refractivity contribution in [2.75, 3.05) is 20.1 Å². The van der Waals surface area contributed by atoms with Crippen LogP contribution in [0.3, 0.4) is 0 Å². The molecular formula is C9H14N2S. The van der Waals surface area contributed by atoms with Crippen LogP contribution in [0, 0.1) is 12.3 Å². The summed E-state index contributed by atoms with van der Waals surface area (Å²) in [6.07, 6.45) is 5.32. The zero-order valence-corrected chi connectivity index (χ0v) is 8.34. The van der Waals surface area contributed by atoms with Gasteiger partial charge in [-0.3, -0.25) is 9.89 Å². The molecule has 1 heterocycles. The second-order valence-corrected chi connectivity index (χ2v) is 4.16. The van der Waals surface area contributed by atoms with Crippen molar-refractivity contribution in [1.29, 1.82) is 0 Å². The summed E-state index contributed by atoms with van der Waals surface area (Å²) in [6, 6.07) is 0.228. The summed E-state index contributed by atoms with van der Waals surface area (Å²) < 4.78 is 0. The molecule has 1 unspecified atom stereocenters. The third kappa shape index (κ3) is 2.54.